The van der Waals surface area contributed by atoms with E-state index in [1.165, 1.54) is 0 Å². The first kappa shape index (κ1) is 146. The molecule has 0 amide bonds. The number of hydrogen-bond acceptors (Lipinski definition) is 49. The van der Waals surface area contributed by atoms with Gasteiger partial charge >= 0.3 is 11.9 Å². The van der Waals surface area contributed by atoms with Gasteiger partial charge in [-0.3, -0.25) is 0 Å². The minimum absolute atomic E-state index is 0.0725. The molecule has 0 heterocycles. The van der Waals surface area contributed by atoms with Crippen molar-refractivity contribution in [2.45, 2.75) is 27.7 Å². The summed E-state index contributed by atoms with van der Waals surface area (Å²) in [4.78, 5) is 22.9. The molecule has 49 heteroatoms. The summed E-state index contributed by atoms with van der Waals surface area (Å²) >= 11 is 0. The third kappa shape index (κ3) is 141. The lowest BCUT2D eigenvalue weighted by Gasteiger charge is -2.09. The Kier molecular flexibility index (Phi) is 135. The molecule has 0 radical (unpaired) electrons. The van der Waals surface area contributed by atoms with Crippen LogP contribution < -0.4 is 0 Å². The lowest BCUT2D eigenvalue weighted by molar-refractivity contribution is -0.151. The van der Waals surface area contributed by atoms with Crippen molar-refractivity contribution in [3.05, 3.63) is 0 Å². The number of hydrogen-bond donors (Lipinski definition) is 0. The molecule has 0 atom stereocenters. The molecule has 0 spiro atoms. The zero-order chi connectivity index (χ0) is 107. The Bertz CT molecular complexity index is 2110. The van der Waals surface area contributed by atoms with Gasteiger partial charge < -0.3 is 223 Å². The Labute approximate surface area is 888 Å². The van der Waals surface area contributed by atoms with Gasteiger partial charge in [0.1, 0.15) is 13.2 Å². The second-order valence-electron chi connectivity index (χ2n) is 31.6. The van der Waals surface area contributed by atoms with Crippen molar-refractivity contribution in [3.63, 3.8) is 0 Å². The van der Waals surface area contributed by atoms with Crippen LogP contribution in [0.4, 0.5) is 0 Å². The molecule has 0 aromatic rings. The van der Waals surface area contributed by atoms with E-state index in [-0.39, 0.29) is 25.2 Å². The molecule has 0 fully saturated rings. The van der Waals surface area contributed by atoms with E-state index in [4.69, 9.17) is 223 Å². The zero-order valence-electron chi connectivity index (χ0n) is 91.2. The molecule has 0 aliphatic heterocycles. The van der Waals surface area contributed by atoms with Gasteiger partial charge in [0.05, 0.1) is 595 Å². The van der Waals surface area contributed by atoms with Gasteiger partial charge in [-0.25, -0.2) is 9.59 Å². The van der Waals surface area contributed by atoms with Crippen LogP contribution in [0.2, 0.25) is 0 Å². The van der Waals surface area contributed by atoms with Gasteiger partial charge in [0.25, 0.3) is 0 Å². The highest BCUT2D eigenvalue weighted by molar-refractivity contribution is 5.71. The Morgan fingerprint density at radius 1 is 0.101 bits per heavy atom. The summed E-state index contributed by atoms with van der Waals surface area (Å²) in [5.74, 6) is -0.143. The second kappa shape index (κ2) is 137. The highest BCUT2D eigenvalue weighted by Gasteiger charge is 2.10. The van der Waals surface area contributed by atoms with Crippen LogP contribution in [0.5, 0.6) is 0 Å². The van der Waals surface area contributed by atoms with E-state index >= 15 is 0 Å². The molecule has 0 aromatic heterocycles. The molecule has 0 aliphatic rings. The summed E-state index contributed by atoms with van der Waals surface area (Å²) in [6.07, 6.45) is 0. The van der Waals surface area contributed by atoms with E-state index in [1.807, 2.05) is 27.7 Å². The van der Waals surface area contributed by atoms with Crippen LogP contribution in [0.15, 0.2) is 0 Å². The van der Waals surface area contributed by atoms with E-state index in [2.05, 4.69) is 0 Å². The molecule has 0 saturated heterocycles. The van der Waals surface area contributed by atoms with E-state index in [1.54, 1.807) is 0 Å². The fourth-order valence-corrected chi connectivity index (χ4v) is 10.5. The van der Waals surface area contributed by atoms with Crippen molar-refractivity contribution in [2.75, 3.05) is 608 Å². The second-order valence-corrected chi connectivity index (χ2v) is 31.6. The van der Waals surface area contributed by atoms with E-state index in [0.717, 1.165) is 0 Å². The minimum Gasteiger partial charge on any atom is -0.464 e. The monoisotopic (exact) mass is 2180 g/mol. The van der Waals surface area contributed by atoms with E-state index in [0.29, 0.717) is 606 Å². The van der Waals surface area contributed by atoms with Crippen LogP contribution in [0.3, 0.4) is 0 Å². The number of carbonyl (C=O) groups is 2. The number of carbonyl (C=O) groups excluding carboxylic acids is 2. The lowest BCUT2D eigenvalue weighted by Crippen LogP contribution is -2.18. The Morgan fingerprint density at radius 2 is 0.154 bits per heavy atom. The molecule has 892 valence electrons. The van der Waals surface area contributed by atoms with Crippen LogP contribution in [0.1, 0.15) is 27.7 Å². The molecule has 0 bridgehead atoms. The SMILES string of the molecule is CC(C)COC(=O)COCCOCCOCCOCCOCCOCCOCCOCCOCCOCCOCCOCCOCCOCCOCCOCCOCCOCCOCCOCCOCCOCCOCCOCCOCCOCCOCCOCCOCCOCCOCCOCCOCCOCCOCCOCCOCCOCCOCCOCCOCCOCCOCCOCCOCC(=O)OCC(C)C. The predicted molar refractivity (Wildman–Crippen MR) is 538 cm³/mol. The fourth-order valence-electron chi connectivity index (χ4n) is 10.5. The zero-order valence-corrected chi connectivity index (χ0v) is 91.2. The summed E-state index contributed by atoms with van der Waals surface area (Å²) in [7, 11) is 0. The summed E-state index contributed by atoms with van der Waals surface area (Å²) in [6.45, 7) is 49.4. The van der Waals surface area contributed by atoms with Gasteiger partial charge in [-0.2, -0.15) is 0 Å². The first-order chi connectivity index (χ1) is 73.9. The van der Waals surface area contributed by atoms with Crippen LogP contribution in [0, 0.1) is 11.8 Å². The predicted octanol–water partition coefficient (Wildman–Crippen LogP) is 2.13. The highest BCUT2D eigenvalue weighted by Crippen LogP contribution is 2.00. The Balaban J connectivity index is 3.12. The fraction of sp³-hybridized carbons (Fsp3) is 0.980. The maximum absolute atomic E-state index is 11.5. The average molecular weight is 2180 g/mol. The maximum Gasteiger partial charge on any atom is 0.332 e. The van der Waals surface area contributed by atoms with Gasteiger partial charge in [-0.15, -0.1) is 0 Å². The summed E-state index contributed by atoms with van der Waals surface area (Å²) in [5.41, 5.74) is 0. The summed E-state index contributed by atoms with van der Waals surface area (Å²) < 4.78 is 258. The van der Waals surface area contributed by atoms with Crippen molar-refractivity contribution in [1.29, 1.82) is 0 Å². The number of esters is 2. The van der Waals surface area contributed by atoms with E-state index < -0.39 is 0 Å². The molecule has 0 rings (SSSR count). The quantitative estimate of drug-likeness (QED) is 0.0621. The van der Waals surface area contributed by atoms with Gasteiger partial charge in [-0.05, 0) is 11.8 Å². The molecule has 0 aromatic carbocycles. The molecular weight excluding hydrogens is 1990 g/mol. The van der Waals surface area contributed by atoms with Crippen LogP contribution in [-0.2, 0) is 232 Å². The standard InChI is InChI=1S/C100H198O49/c1-97(2)93-148-99(101)95-146-91-89-144-87-85-142-83-81-140-79-77-138-75-73-136-71-69-134-67-65-132-63-61-130-59-57-128-55-53-126-51-49-124-47-45-122-43-41-120-39-37-118-35-33-116-31-29-114-27-25-112-23-21-110-19-17-108-15-13-106-11-9-104-7-5-103-6-8-105-10-12-107-14-16-109-18-20-111-22-24-113-26-28-115-30-32-117-34-36-119-38-40-121-42-44-123-46-48-125-50-52-127-54-56-129-58-60-131-62-64-133-66-68-135-70-72-137-74-76-139-78-80-141-82-84-143-86-88-145-90-92-147-96-100(102)149-94-98(3)4/h97-98H,5-96H2,1-4H3. The largest absolute Gasteiger partial charge is 0.464 e. The summed E-state index contributed by atoms with van der Waals surface area (Å²) in [5, 5.41) is 0. The molecule has 0 N–H and O–H groups in total. The third-order valence-corrected chi connectivity index (χ3v) is 18.0. The summed E-state index contributed by atoms with van der Waals surface area (Å²) in [6, 6.07) is 0. The minimum atomic E-state index is -0.367. The van der Waals surface area contributed by atoms with Crippen molar-refractivity contribution < 1.29 is 232 Å². The Morgan fingerprint density at radius 3 is 0.208 bits per heavy atom. The van der Waals surface area contributed by atoms with Crippen LogP contribution in [0.25, 0.3) is 0 Å². The first-order valence-corrected chi connectivity index (χ1v) is 53.2. The highest BCUT2D eigenvalue weighted by atomic mass is 16.7. The van der Waals surface area contributed by atoms with Crippen molar-refractivity contribution in [3.8, 4) is 0 Å². The molecule has 0 unspecified atom stereocenters. The van der Waals surface area contributed by atoms with Gasteiger partial charge in [0.15, 0.2) is 0 Å². The normalized spacial score (nSPS) is 11.9. The van der Waals surface area contributed by atoms with E-state index in [9.17, 15) is 9.59 Å². The van der Waals surface area contributed by atoms with Gasteiger partial charge in [0, 0.05) is 0 Å². The smallest absolute Gasteiger partial charge is 0.332 e. The lowest BCUT2D eigenvalue weighted by atomic mass is 10.2. The number of ether oxygens (including phenoxy) is 47. The van der Waals surface area contributed by atoms with Crippen molar-refractivity contribution in [2.24, 2.45) is 11.8 Å². The van der Waals surface area contributed by atoms with Crippen molar-refractivity contribution >= 4 is 11.9 Å². The molecule has 0 aliphatic carbocycles. The third-order valence-electron chi connectivity index (χ3n) is 18.0. The van der Waals surface area contributed by atoms with Crippen LogP contribution >= 0.6 is 0 Å². The average Bonchev–Trinajstić information content (AvgIpc) is 1.03. The number of rotatable bonds is 140. The maximum atomic E-state index is 11.5. The molecule has 149 heavy (non-hydrogen) atoms. The Hall–Kier alpha value is -2.86. The van der Waals surface area contributed by atoms with Crippen LogP contribution in [-0.4, -0.2) is 620 Å². The molecule has 49 nitrogen and oxygen atoms in total. The van der Waals surface area contributed by atoms with Gasteiger partial charge in [-0.1, -0.05) is 27.7 Å². The molecule has 0 saturated carbocycles. The first-order valence-electron chi connectivity index (χ1n) is 53.2. The van der Waals surface area contributed by atoms with Gasteiger partial charge in [0.2, 0.25) is 0 Å². The topological polar surface area (TPSA) is 468 Å². The molecular formula is C100H198O49. The van der Waals surface area contributed by atoms with Crippen molar-refractivity contribution in [1.82, 2.24) is 0 Å².